The van der Waals surface area contributed by atoms with Gasteiger partial charge in [-0.2, -0.15) is 0 Å². The lowest BCUT2D eigenvalue weighted by atomic mass is 10.0. The SMILES string of the molecule is CCC(CNC(=O)C1CCCCN1)Oc1ccccc1C.Cl. The standard InChI is InChI=1S/C17H26N2O2.ClH/c1-3-14(21-16-10-5-4-8-13(16)2)12-19-17(20)15-9-6-7-11-18-15;/h4-5,8,10,14-15,18H,3,6-7,9,11-12H2,1-2H3,(H,19,20);1H. The predicted molar refractivity (Wildman–Crippen MR) is 91.8 cm³/mol. The molecule has 1 aromatic carbocycles. The summed E-state index contributed by atoms with van der Waals surface area (Å²) >= 11 is 0. The molecular weight excluding hydrogens is 300 g/mol. The van der Waals surface area contributed by atoms with E-state index >= 15 is 0 Å². The highest BCUT2D eigenvalue weighted by Gasteiger charge is 2.21. The van der Waals surface area contributed by atoms with Crippen molar-refractivity contribution >= 4 is 18.3 Å². The summed E-state index contributed by atoms with van der Waals surface area (Å²) in [6, 6.07) is 7.95. The van der Waals surface area contributed by atoms with E-state index in [0.29, 0.717) is 6.54 Å². The Kier molecular flexibility index (Phi) is 8.28. The van der Waals surface area contributed by atoms with Crippen molar-refractivity contribution in [3.05, 3.63) is 29.8 Å². The number of hydrogen-bond donors (Lipinski definition) is 2. The zero-order chi connectivity index (χ0) is 15.1. The highest BCUT2D eigenvalue weighted by Crippen LogP contribution is 2.18. The van der Waals surface area contributed by atoms with Crippen molar-refractivity contribution < 1.29 is 9.53 Å². The van der Waals surface area contributed by atoms with Crippen molar-refractivity contribution in [2.24, 2.45) is 0 Å². The van der Waals surface area contributed by atoms with Gasteiger partial charge in [-0.25, -0.2) is 0 Å². The molecule has 1 amide bonds. The quantitative estimate of drug-likeness (QED) is 0.845. The summed E-state index contributed by atoms with van der Waals surface area (Å²) in [5.41, 5.74) is 1.12. The first-order chi connectivity index (χ1) is 10.2. The summed E-state index contributed by atoms with van der Waals surface area (Å²) in [7, 11) is 0. The number of carbonyl (C=O) groups is 1. The molecule has 0 bridgehead atoms. The van der Waals surface area contributed by atoms with Crippen molar-refractivity contribution in [2.75, 3.05) is 13.1 Å². The maximum absolute atomic E-state index is 12.1. The third-order valence-electron chi connectivity index (χ3n) is 3.97. The first kappa shape index (κ1) is 18.8. The van der Waals surface area contributed by atoms with Crippen LogP contribution in [0.5, 0.6) is 5.75 Å². The van der Waals surface area contributed by atoms with Gasteiger partial charge in [-0.05, 0) is 44.4 Å². The molecule has 2 N–H and O–H groups in total. The third-order valence-corrected chi connectivity index (χ3v) is 3.97. The molecule has 22 heavy (non-hydrogen) atoms. The van der Waals surface area contributed by atoms with Gasteiger partial charge in [-0.15, -0.1) is 12.4 Å². The van der Waals surface area contributed by atoms with Crippen LogP contribution in [0.2, 0.25) is 0 Å². The largest absolute Gasteiger partial charge is 0.488 e. The number of para-hydroxylation sites is 1. The van der Waals surface area contributed by atoms with Gasteiger partial charge in [0, 0.05) is 0 Å². The number of benzene rings is 1. The molecule has 4 nitrogen and oxygen atoms in total. The first-order valence-corrected chi connectivity index (χ1v) is 7.94. The number of nitrogens with one attached hydrogen (secondary N) is 2. The lowest BCUT2D eigenvalue weighted by Gasteiger charge is -2.24. The number of carbonyl (C=O) groups excluding carboxylic acids is 1. The molecule has 2 atom stereocenters. The van der Waals surface area contributed by atoms with Crippen molar-refractivity contribution in [3.63, 3.8) is 0 Å². The van der Waals surface area contributed by atoms with Crippen LogP contribution in [0.15, 0.2) is 24.3 Å². The minimum atomic E-state index is -0.0327. The summed E-state index contributed by atoms with van der Waals surface area (Å²) in [6.45, 7) is 5.61. The molecule has 1 heterocycles. The number of aryl methyl sites for hydroxylation is 1. The Bertz CT molecular complexity index is 462. The molecule has 0 spiro atoms. The van der Waals surface area contributed by atoms with Crippen LogP contribution in [-0.2, 0) is 4.79 Å². The molecule has 5 heteroatoms. The molecule has 0 aliphatic carbocycles. The molecule has 0 saturated carbocycles. The van der Waals surface area contributed by atoms with Gasteiger partial charge in [0.1, 0.15) is 11.9 Å². The van der Waals surface area contributed by atoms with E-state index in [-0.39, 0.29) is 30.5 Å². The lowest BCUT2D eigenvalue weighted by Crippen LogP contribution is -2.48. The van der Waals surface area contributed by atoms with Gasteiger partial charge in [-0.3, -0.25) is 4.79 Å². The molecule has 1 aromatic rings. The molecular formula is C17H27ClN2O2. The van der Waals surface area contributed by atoms with Crippen LogP contribution in [0, 0.1) is 6.92 Å². The van der Waals surface area contributed by atoms with Gasteiger partial charge in [0.05, 0.1) is 12.6 Å². The number of halogens is 1. The Balaban J connectivity index is 0.00000242. The fraction of sp³-hybridized carbons (Fsp3) is 0.588. The highest BCUT2D eigenvalue weighted by molar-refractivity contribution is 5.85. The minimum Gasteiger partial charge on any atom is -0.488 e. The molecule has 1 fully saturated rings. The summed E-state index contributed by atoms with van der Waals surface area (Å²) in [5, 5.41) is 6.28. The van der Waals surface area contributed by atoms with Crippen LogP contribution in [0.1, 0.15) is 38.2 Å². The van der Waals surface area contributed by atoms with Gasteiger partial charge in [-0.1, -0.05) is 31.5 Å². The predicted octanol–water partition coefficient (Wildman–Crippen LogP) is 2.83. The van der Waals surface area contributed by atoms with Gasteiger partial charge in [0.2, 0.25) is 5.91 Å². The van der Waals surface area contributed by atoms with Gasteiger partial charge in [0.25, 0.3) is 0 Å². The van der Waals surface area contributed by atoms with E-state index in [9.17, 15) is 4.79 Å². The average Bonchev–Trinajstić information content (AvgIpc) is 2.53. The van der Waals surface area contributed by atoms with Gasteiger partial charge >= 0.3 is 0 Å². The van der Waals surface area contributed by atoms with Crippen molar-refractivity contribution in [2.45, 2.75) is 51.7 Å². The number of ether oxygens (including phenoxy) is 1. The molecule has 0 aromatic heterocycles. The Morgan fingerprint density at radius 3 is 2.82 bits per heavy atom. The van der Waals surface area contributed by atoms with E-state index in [1.807, 2.05) is 31.2 Å². The van der Waals surface area contributed by atoms with E-state index in [1.165, 1.54) is 0 Å². The number of piperidine rings is 1. The number of amides is 1. The summed E-state index contributed by atoms with van der Waals surface area (Å²) in [5.74, 6) is 0.996. The van der Waals surface area contributed by atoms with Crippen LogP contribution in [-0.4, -0.2) is 31.1 Å². The van der Waals surface area contributed by atoms with Crippen LogP contribution >= 0.6 is 12.4 Å². The van der Waals surface area contributed by atoms with Crippen molar-refractivity contribution in [1.82, 2.24) is 10.6 Å². The molecule has 1 aliphatic rings. The van der Waals surface area contributed by atoms with E-state index < -0.39 is 0 Å². The average molecular weight is 327 g/mol. The monoisotopic (exact) mass is 326 g/mol. The van der Waals surface area contributed by atoms with Crippen LogP contribution in [0.25, 0.3) is 0 Å². The van der Waals surface area contributed by atoms with Gasteiger partial charge in [0.15, 0.2) is 0 Å². The number of rotatable bonds is 6. The fourth-order valence-corrected chi connectivity index (χ4v) is 2.55. The second-order valence-corrected chi connectivity index (χ2v) is 5.66. The van der Waals surface area contributed by atoms with E-state index in [2.05, 4.69) is 17.6 Å². The van der Waals surface area contributed by atoms with Crippen molar-refractivity contribution in [1.29, 1.82) is 0 Å². The molecule has 1 saturated heterocycles. The maximum atomic E-state index is 12.1. The molecule has 124 valence electrons. The molecule has 2 unspecified atom stereocenters. The van der Waals surface area contributed by atoms with E-state index in [4.69, 9.17) is 4.74 Å². The smallest absolute Gasteiger partial charge is 0.237 e. The zero-order valence-corrected chi connectivity index (χ0v) is 14.2. The minimum absolute atomic E-state index is 0. The van der Waals surface area contributed by atoms with Gasteiger partial charge < -0.3 is 15.4 Å². The number of hydrogen-bond acceptors (Lipinski definition) is 3. The molecule has 0 radical (unpaired) electrons. The molecule has 1 aliphatic heterocycles. The summed E-state index contributed by atoms with van der Waals surface area (Å²) in [6.07, 6.45) is 4.10. The van der Waals surface area contributed by atoms with Crippen LogP contribution < -0.4 is 15.4 Å². The maximum Gasteiger partial charge on any atom is 0.237 e. The lowest BCUT2D eigenvalue weighted by molar-refractivity contribution is -0.124. The Morgan fingerprint density at radius 2 is 2.18 bits per heavy atom. The zero-order valence-electron chi connectivity index (χ0n) is 13.4. The van der Waals surface area contributed by atoms with Crippen LogP contribution in [0.4, 0.5) is 0 Å². The van der Waals surface area contributed by atoms with Crippen molar-refractivity contribution in [3.8, 4) is 5.75 Å². The third kappa shape index (κ3) is 5.50. The first-order valence-electron chi connectivity index (χ1n) is 7.94. The topological polar surface area (TPSA) is 50.4 Å². The summed E-state index contributed by atoms with van der Waals surface area (Å²) in [4.78, 5) is 12.1. The molecule has 2 rings (SSSR count). The highest BCUT2D eigenvalue weighted by atomic mass is 35.5. The Hall–Kier alpha value is -1.26. The second kappa shape index (κ2) is 9.70. The summed E-state index contributed by atoms with van der Waals surface area (Å²) < 4.78 is 6.00. The Labute approximate surface area is 139 Å². The fourth-order valence-electron chi connectivity index (χ4n) is 2.55. The van der Waals surface area contributed by atoms with Crippen LogP contribution in [0.3, 0.4) is 0 Å². The van der Waals surface area contributed by atoms with E-state index in [0.717, 1.165) is 43.5 Å². The Morgan fingerprint density at radius 1 is 1.41 bits per heavy atom. The normalized spacial score (nSPS) is 18.9. The second-order valence-electron chi connectivity index (χ2n) is 5.66. The van der Waals surface area contributed by atoms with E-state index in [1.54, 1.807) is 0 Å².